The first kappa shape index (κ1) is 24.5. The number of methoxy groups -OCH3 is 4. The van der Waals surface area contributed by atoms with E-state index in [9.17, 15) is 9.59 Å². The van der Waals surface area contributed by atoms with Crippen molar-refractivity contribution in [3.63, 3.8) is 0 Å². The highest BCUT2D eigenvalue weighted by atomic mass is 16.5. The van der Waals surface area contributed by atoms with Crippen LogP contribution in [0.2, 0.25) is 0 Å². The van der Waals surface area contributed by atoms with Crippen molar-refractivity contribution in [3.05, 3.63) is 82.4 Å². The molecule has 3 aromatic carbocycles. The van der Waals surface area contributed by atoms with E-state index in [0.29, 0.717) is 40.7 Å². The summed E-state index contributed by atoms with van der Waals surface area (Å²) >= 11 is 0. The maximum absolute atomic E-state index is 14.0. The third-order valence-corrected chi connectivity index (χ3v) is 7.25. The van der Waals surface area contributed by atoms with Gasteiger partial charge in [-0.2, -0.15) is 0 Å². The number of amides is 2. The van der Waals surface area contributed by atoms with Crippen LogP contribution < -0.4 is 24.3 Å². The van der Waals surface area contributed by atoms with Gasteiger partial charge < -0.3 is 29.2 Å². The third-order valence-electron chi connectivity index (χ3n) is 7.25. The summed E-state index contributed by atoms with van der Waals surface area (Å²) in [6.07, 6.45) is 0.733. The summed E-state index contributed by atoms with van der Waals surface area (Å²) in [5, 5.41) is 3.10. The minimum Gasteiger partial charge on any atom is -0.497 e. The summed E-state index contributed by atoms with van der Waals surface area (Å²) in [6, 6.07) is 16.5. The molecule has 37 heavy (non-hydrogen) atoms. The number of hydrogen-bond donors (Lipinski definition) is 1. The van der Waals surface area contributed by atoms with E-state index in [1.54, 1.807) is 33.5 Å². The lowest BCUT2D eigenvalue weighted by Gasteiger charge is -2.45. The topological polar surface area (TPSA) is 86.3 Å². The number of rotatable bonds is 7. The van der Waals surface area contributed by atoms with Gasteiger partial charge in [-0.25, -0.2) is 0 Å². The summed E-state index contributed by atoms with van der Waals surface area (Å²) in [4.78, 5) is 29.5. The van der Waals surface area contributed by atoms with E-state index < -0.39 is 12.0 Å². The van der Waals surface area contributed by atoms with Gasteiger partial charge in [0.1, 0.15) is 11.5 Å². The van der Waals surface area contributed by atoms with Gasteiger partial charge in [0.25, 0.3) is 5.91 Å². The molecule has 192 valence electrons. The largest absolute Gasteiger partial charge is 0.497 e. The van der Waals surface area contributed by atoms with Crippen LogP contribution in [-0.4, -0.2) is 51.7 Å². The zero-order chi connectivity index (χ0) is 26.1. The minimum atomic E-state index is -0.648. The number of carbonyl (C=O) groups is 2. The highest BCUT2D eigenvalue weighted by Gasteiger charge is 2.46. The number of carbonyl (C=O) groups excluding carboxylic acids is 2. The summed E-state index contributed by atoms with van der Waals surface area (Å²) in [5.41, 5.74) is 3.99. The Balaban J connectivity index is 1.59. The van der Waals surface area contributed by atoms with Crippen molar-refractivity contribution >= 4 is 11.8 Å². The monoisotopic (exact) mass is 502 g/mol. The Labute approximate surface area is 216 Å². The molecule has 0 radical (unpaired) electrons. The minimum absolute atomic E-state index is 0.117. The molecule has 2 aliphatic heterocycles. The quantitative estimate of drug-likeness (QED) is 0.528. The molecule has 2 atom stereocenters. The molecule has 0 aliphatic carbocycles. The molecule has 1 N–H and O–H groups in total. The number of benzene rings is 3. The fourth-order valence-electron chi connectivity index (χ4n) is 5.44. The molecular weight excluding hydrogens is 472 g/mol. The van der Waals surface area contributed by atoms with Crippen LogP contribution in [0, 0.1) is 0 Å². The van der Waals surface area contributed by atoms with Gasteiger partial charge in [-0.05, 0) is 53.4 Å². The first-order valence-corrected chi connectivity index (χ1v) is 12.1. The molecule has 2 aliphatic rings. The Morgan fingerprint density at radius 2 is 1.62 bits per heavy atom. The Kier molecular flexibility index (Phi) is 6.65. The van der Waals surface area contributed by atoms with Crippen molar-refractivity contribution in [3.8, 4) is 23.0 Å². The van der Waals surface area contributed by atoms with E-state index in [4.69, 9.17) is 18.9 Å². The molecule has 0 fully saturated rings. The molecule has 0 saturated carbocycles. The molecule has 0 spiro atoms. The second-order valence-corrected chi connectivity index (χ2v) is 9.06. The van der Waals surface area contributed by atoms with Gasteiger partial charge in [0, 0.05) is 24.2 Å². The molecule has 8 nitrogen and oxygen atoms in total. The van der Waals surface area contributed by atoms with E-state index >= 15 is 0 Å². The predicted octanol–water partition coefficient (Wildman–Crippen LogP) is 3.87. The SMILES string of the molecule is COc1ccc(OC)c(CNC(=O)[C@H]2c3cc(OC)c(OC)cc3C(=O)N3CCc4ccccc4[C@H]23)c1. The van der Waals surface area contributed by atoms with Gasteiger partial charge in [0.05, 0.1) is 40.4 Å². The van der Waals surface area contributed by atoms with Gasteiger partial charge in [-0.3, -0.25) is 9.59 Å². The van der Waals surface area contributed by atoms with E-state index in [1.807, 2.05) is 41.3 Å². The van der Waals surface area contributed by atoms with E-state index in [2.05, 4.69) is 11.4 Å². The Morgan fingerprint density at radius 1 is 0.892 bits per heavy atom. The number of nitrogens with one attached hydrogen (secondary N) is 1. The van der Waals surface area contributed by atoms with Crippen LogP contribution in [-0.2, 0) is 17.8 Å². The Bertz CT molecular complexity index is 1350. The fraction of sp³-hybridized carbons (Fsp3) is 0.310. The van der Waals surface area contributed by atoms with Crippen LogP contribution in [0.1, 0.15) is 44.6 Å². The molecule has 0 saturated heterocycles. The predicted molar refractivity (Wildman–Crippen MR) is 138 cm³/mol. The maximum Gasteiger partial charge on any atom is 0.254 e. The van der Waals surface area contributed by atoms with E-state index in [-0.39, 0.29) is 18.4 Å². The summed E-state index contributed by atoms with van der Waals surface area (Å²) in [5.74, 6) is 1.28. The highest BCUT2D eigenvalue weighted by Crippen LogP contribution is 2.48. The van der Waals surface area contributed by atoms with Crippen LogP contribution in [0.5, 0.6) is 23.0 Å². The molecule has 3 aromatic rings. The normalized spacial score (nSPS) is 17.7. The summed E-state index contributed by atoms with van der Waals surface area (Å²) in [7, 11) is 6.26. The number of nitrogens with zero attached hydrogens (tertiary/aromatic N) is 1. The van der Waals surface area contributed by atoms with E-state index in [1.165, 1.54) is 7.11 Å². The first-order chi connectivity index (χ1) is 18.0. The van der Waals surface area contributed by atoms with Crippen molar-refractivity contribution < 1.29 is 28.5 Å². The number of ether oxygens (including phenoxy) is 4. The average molecular weight is 503 g/mol. The maximum atomic E-state index is 14.0. The standard InChI is InChI=1S/C29H30N2O6/c1-34-19-9-10-23(35-2)18(13-19)16-30-28(32)26-21-14-24(36-3)25(37-4)15-22(21)29(33)31-12-11-17-7-5-6-8-20(17)27(26)31/h5-10,13-15,26-27H,11-12,16H2,1-4H3,(H,30,32)/t26-,27+/m0/s1. The average Bonchev–Trinajstić information content (AvgIpc) is 2.95. The van der Waals surface area contributed by atoms with Crippen molar-refractivity contribution in [1.82, 2.24) is 10.2 Å². The smallest absolute Gasteiger partial charge is 0.254 e. The second kappa shape index (κ2) is 10.0. The van der Waals surface area contributed by atoms with Crippen LogP contribution in [0.15, 0.2) is 54.6 Å². The molecule has 2 heterocycles. The molecule has 5 rings (SSSR count). The number of fused-ring (bicyclic) bond motifs is 4. The molecule has 0 unspecified atom stereocenters. The molecule has 8 heteroatoms. The van der Waals surface area contributed by atoms with Gasteiger partial charge in [-0.15, -0.1) is 0 Å². The first-order valence-electron chi connectivity index (χ1n) is 12.1. The Morgan fingerprint density at radius 3 is 2.35 bits per heavy atom. The fourth-order valence-corrected chi connectivity index (χ4v) is 5.44. The summed E-state index contributed by atoms with van der Waals surface area (Å²) in [6.45, 7) is 0.766. The molecule has 0 bridgehead atoms. The van der Waals surface area contributed by atoms with Crippen LogP contribution >= 0.6 is 0 Å². The third kappa shape index (κ3) is 4.22. The van der Waals surface area contributed by atoms with Gasteiger partial charge in [-0.1, -0.05) is 24.3 Å². The van der Waals surface area contributed by atoms with Crippen LogP contribution in [0.4, 0.5) is 0 Å². The lowest BCUT2D eigenvalue weighted by atomic mass is 9.75. The van der Waals surface area contributed by atoms with Crippen molar-refractivity contribution in [2.75, 3.05) is 35.0 Å². The zero-order valence-corrected chi connectivity index (χ0v) is 21.4. The van der Waals surface area contributed by atoms with E-state index in [0.717, 1.165) is 23.1 Å². The second-order valence-electron chi connectivity index (χ2n) is 9.06. The Hall–Kier alpha value is -4.20. The van der Waals surface area contributed by atoms with Gasteiger partial charge in [0.2, 0.25) is 5.91 Å². The molecule has 0 aromatic heterocycles. The van der Waals surface area contributed by atoms with Gasteiger partial charge in [0.15, 0.2) is 11.5 Å². The molecule has 2 amide bonds. The number of hydrogen-bond acceptors (Lipinski definition) is 6. The van der Waals surface area contributed by atoms with Crippen molar-refractivity contribution in [2.24, 2.45) is 0 Å². The highest BCUT2D eigenvalue weighted by molar-refractivity contribution is 6.02. The van der Waals surface area contributed by atoms with Gasteiger partial charge >= 0.3 is 0 Å². The zero-order valence-electron chi connectivity index (χ0n) is 21.4. The lowest BCUT2D eigenvalue weighted by Crippen LogP contribution is -2.50. The lowest BCUT2D eigenvalue weighted by molar-refractivity contribution is -0.124. The van der Waals surface area contributed by atoms with Crippen molar-refractivity contribution in [2.45, 2.75) is 24.9 Å². The van der Waals surface area contributed by atoms with Crippen LogP contribution in [0.25, 0.3) is 0 Å². The summed E-state index contributed by atoms with van der Waals surface area (Å²) < 4.78 is 21.9. The van der Waals surface area contributed by atoms with Crippen molar-refractivity contribution in [1.29, 1.82) is 0 Å². The van der Waals surface area contributed by atoms with Crippen LogP contribution in [0.3, 0.4) is 0 Å². The molecular formula is C29H30N2O6.